The third-order valence-corrected chi connectivity index (χ3v) is 8.48. The van der Waals surface area contributed by atoms with E-state index in [0.29, 0.717) is 13.2 Å². The van der Waals surface area contributed by atoms with Gasteiger partial charge in [-0.3, -0.25) is 0 Å². The minimum Gasteiger partial charge on any atom is -0.412 e. The highest BCUT2D eigenvalue weighted by molar-refractivity contribution is 6.74. The number of hydrogen-bond acceptors (Lipinski definition) is 3. The van der Waals surface area contributed by atoms with E-state index in [1.54, 1.807) is 0 Å². The second-order valence-corrected chi connectivity index (χ2v) is 11.2. The molecule has 1 aliphatic heterocycles. The number of ether oxygens (including phenoxy) is 1. The smallest absolute Gasteiger partial charge is 0.192 e. The predicted molar refractivity (Wildman–Crippen MR) is 75.1 cm³/mol. The lowest BCUT2D eigenvalue weighted by atomic mass is 10.1. The highest BCUT2D eigenvalue weighted by atomic mass is 28.4. The standard InChI is InChI=1S/C12H25N3O2Si/c1-12(2,3)18(4,5)17-11-7-6-10(16-9-11)8-14-15-13/h10-11H,6-9H2,1-5H3/t10-,11+/m1/s1. The van der Waals surface area contributed by atoms with E-state index in [4.69, 9.17) is 14.7 Å². The maximum absolute atomic E-state index is 8.27. The zero-order valence-corrected chi connectivity index (χ0v) is 13.1. The SMILES string of the molecule is CC(C)(C)[Si](C)(C)O[C@H]1CC[C@H](CN=[N+]=[N-])OC1. The largest absolute Gasteiger partial charge is 0.412 e. The first-order valence-electron chi connectivity index (χ1n) is 6.56. The Labute approximate surface area is 111 Å². The first-order valence-corrected chi connectivity index (χ1v) is 9.47. The van der Waals surface area contributed by atoms with Crippen LogP contribution in [0.25, 0.3) is 10.4 Å². The van der Waals surface area contributed by atoms with Crippen LogP contribution in [-0.4, -0.2) is 33.7 Å². The molecule has 0 bridgehead atoms. The minimum atomic E-state index is -1.70. The van der Waals surface area contributed by atoms with Gasteiger partial charge in [0.1, 0.15) is 0 Å². The number of rotatable bonds is 4. The molecule has 1 saturated heterocycles. The van der Waals surface area contributed by atoms with Gasteiger partial charge in [0.15, 0.2) is 8.32 Å². The van der Waals surface area contributed by atoms with E-state index in [9.17, 15) is 0 Å². The molecule has 18 heavy (non-hydrogen) atoms. The molecule has 1 aliphatic rings. The summed E-state index contributed by atoms with van der Waals surface area (Å²) in [6, 6.07) is 0. The highest BCUT2D eigenvalue weighted by Crippen LogP contribution is 2.38. The summed E-state index contributed by atoms with van der Waals surface area (Å²) < 4.78 is 12.0. The van der Waals surface area contributed by atoms with Crippen LogP contribution < -0.4 is 0 Å². The summed E-state index contributed by atoms with van der Waals surface area (Å²) in [6.07, 6.45) is 2.18. The molecule has 0 aliphatic carbocycles. The van der Waals surface area contributed by atoms with E-state index < -0.39 is 8.32 Å². The molecular weight excluding hydrogens is 246 g/mol. The fourth-order valence-corrected chi connectivity index (χ4v) is 3.11. The fourth-order valence-electron chi connectivity index (χ4n) is 1.74. The summed E-state index contributed by atoms with van der Waals surface area (Å²) in [4.78, 5) is 2.76. The van der Waals surface area contributed by atoms with Gasteiger partial charge in [-0.1, -0.05) is 25.9 Å². The van der Waals surface area contributed by atoms with E-state index in [0.717, 1.165) is 12.8 Å². The molecule has 0 saturated carbocycles. The summed E-state index contributed by atoms with van der Waals surface area (Å²) in [5.74, 6) is 0. The van der Waals surface area contributed by atoms with Crippen molar-refractivity contribution in [2.24, 2.45) is 5.11 Å². The molecule has 0 amide bonds. The monoisotopic (exact) mass is 271 g/mol. The molecular formula is C12H25N3O2Si. The molecule has 2 atom stereocenters. The third-order valence-electron chi connectivity index (χ3n) is 3.94. The average Bonchev–Trinajstić information content (AvgIpc) is 2.26. The first-order chi connectivity index (χ1) is 8.26. The van der Waals surface area contributed by atoms with E-state index in [2.05, 4.69) is 43.9 Å². The lowest BCUT2D eigenvalue weighted by Crippen LogP contribution is -2.46. The second kappa shape index (κ2) is 6.06. The van der Waals surface area contributed by atoms with Gasteiger partial charge in [-0.2, -0.15) is 0 Å². The Balaban J connectivity index is 2.42. The quantitative estimate of drug-likeness (QED) is 0.337. The molecule has 1 fully saturated rings. The number of hydrogen-bond donors (Lipinski definition) is 0. The summed E-state index contributed by atoms with van der Waals surface area (Å²) >= 11 is 0. The molecule has 0 radical (unpaired) electrons. The molecule has 0 aromatic carbocycles. The van der Waals surface area contributed by atoms with E-state index in [1.807, 2.05) is 0 Å². The van der Waals surface area contributed by atoms with Crippen LogP contribution in [0.2, 0.25) is 18.1 Å². The molecule has 0 N–H and O–H groups in total. The predicted octanol–water partition coefficient (Wildman–Crippen LogP) is 3.87. The molecule has 1 heterocycles. The van der Waals surface area contributed by atoms with Crippen molar-refractivity contribution >= 4 is 8.32 Å². The Morgan fingerprint density at radius 3 is 2.50 bits per heavy atom. The van der Waals surface area contributed by atoms with Crippen molar-refractivity contribution in [3.05, 3.63) is 10.4 Å². The number of nitrogens with zero attached hydrogens (tertiary/aromatic N) is 3. The third kappa shape index (κ3) is 4.28. The van der Waals surface area contributed by atoms with Crippen LogP contribution in [0.4, 0.5) is 0 Å². The Morgan fingerprint density at radius 2 is 2.06 bits per heavy atom. The Hall–Kier alpha value is -0.553. The van der Waals surface area contributed by atoms with Crippen molar-refractivity contribution < 1.29 is 9.16 Å². The summed E-state index contributed by atoms with van der Waals surface area (Å²) in [6.45, 7) is 12.3. The van der Waals surface area contributed by atoms with Crippen LogP contribution in [-0.2, 0) is 9.16 Å². The van der Waals surface area contributed by atoms with Crippen molar-refractivity contribution in [1.29, 1.82) is 0 Å². The Morgan fingerprint density at radius 1 is 1.39 bits per heavy atom. The van der Waals surface area contributed by atoms with Gasteiger partial charge < -0.3 is 9.16 Å². The first kappa shape index (κ1) is 15.5. The van der Waals surface area contributed by atoms with Gasteiger partial charge >= 0.3 is 0 Å². The molecule has 1 rings (SSSR count). The van der Waals surface area contributed by atoms with E-state index in [1.165, 1.54) is 0 Å². The number of azide groups is 1. The van der Waals surface area contributed by atoms with E-state index >= 15 is 0 Å². The Kier molecular flexibility index (Phi) is 5.22. The van der Waals surface area contributed by atoms with Crippen molar-refractivity contribution in [2.75, 3.05) is 13.2 Å². The molecule has 6 heteroatoms. The second-order valence-electron chi connectivity index (χ2n) is 6.45. The maximum Gasteiger partial charge on any atom is 0.192 e. The summed E-state index contributed by atoms with van der Waals surface area (Å²) in [7, 11) is -1.70. The zero-order valence-electron chi connectivity index (χ0n) is 12.1. The maximum atomic E-state index is 8.27. The van der Waals surface area contributed by atoms with Crippen LogP contribution in [0.3, 0.4) is 0 Å². The van der Waals surface area contributed by atoms with Crippen molar-refractivity contribution in [1.82, 2.24) is 0 Å². The minimum absolute atomic E-state index is 0.0696. The van der Waals surface area contributed by atoms with Crippen LogP contribution in [0, 0.1) is 0 Å². The van der Waals surface area contributed by atoms with Gasteiger partial charge in [0, 0.05) is 4.91 Å². The molecule has 0 aromatic rings. The normalized spacial score (nSPS) is 25.6. The van der Waals surface area contributed by atoms with Crippen LogP contribution in [0.15, 0.2) is 5.11 Å². The van der Waals surface area contributed by atoms with Crippen molar-refractivity contribution in [3.8, 4) is 0 Å². The van der Waals surface area contributed by atoms with Gasteiger partial charge in [0.05, 0.1) is 25.4 Å². The van der Waals surface area contributed by atoms with Gasteiger partial charge in [0.25, 0.3) is 0 Å². The Bertz CT molecular complexity index is 314. The molecule has 5 nitrogen and oxygen atoms in total. The van der Waals surface area contributed by atoms with Crippen LogP contribution >= 0.6 is 0 Å². The summed E-state index contributed by atoms with van der Waals surface area (Å²) in [5, 5.41) is 3.79. The van der Waals surface area contributed by atoms with Gasteiger partial charge in [0.2, 0.25) is 0 Å². The molecule has 104 valence electrons. The fraction of sp³-hybridized carbons (Fsp3) is 1.00. The highest BCUT2D eigenvalue weighted by Gasteiger charge is 2.39. The van der Waals surface area contributed by atoms with Gasteiger partial charge in [-0.15, -0.1) is 0 Å². The molecule has 0 spiro atoms. The van der Waals surface area contributed by atoms with Crippen molar-refractivity contribution in [3.63, 3.8) is 0 Å². The van der Waals surface area contributed by atoms with E-state index in [-0.39, 0.29) is 17.2 Å². The zero-order chi connectivity index (χ0) is 13.8. The van der Waals surface area contributed by atoms with Gasteiger partial charge in [-0.05, 0) is 36.5 Å². The lowest BCUT2D eigenvalue weighted by molar-refractivity contribution is -0.0457. The van der Waals surface area contributed by atoms with Gasteiger partial charge in [-0.25, -0.2) is 0 Å². The molecule has 0 aromatic heterocycles. The van der Waals surface area contributed by atoms with Crippen LogP contribution in [0.1, 0.15) is 33.6 Å². The average molecular weight is 271 g/mol. The summed E-state index contributed by atoms with van der Waals surface area (Å²) in [5.41, 5.74) is 8.27. The molecule has 0 unspecified atom stereocenters. The lowest BCUT2D eigenvalue weighted by Gasteiger charge is -2.41. The topological polar surface area (TPSA) is 67.2 Å². The van der Waals surface area contributed by atoms with Crippen molar-refractivity contribution in [2.45, 2.75) is 64.0 Å². The van der Waals surface area contributed by atoms with Crippen LogP contribution in [0.5, 0.6) is 0 Å².